The molecule has 0 saturated carbocycles. The van der Waals surface area contributed by atoms with Crippen molar-refractivity contribution in [2.24, 2.45) is 0 Å². The molecule has 21 heavy (non-hydrogen) atoms. The van der Waals surface area contributed by atoms with Crippen molar-refractivity contribution in [2.45, 2.75) is 62.4 Å². The second kappa shape index (κ2) is 6.88. The van der Waals surface area contributed by atoms with Crippen molar-refractivity contribution in [2.75, 3.05) is 6.61 Å². The zero-order valence-corrected chi connectivity index (χ0v) is 17.5. The molecule has 1 rings (SSSR count). The summed E-state index contributed by atoms with van der Waals surface area (Å²) in [5, 5.41) is 1.67. The zero-order valence-electron chi connectivity index (χ0n) is 14.2. The van der Waals surface area contributed by atoms with Crippen LogP contribution in [0.2, 0.25) is 0 Å². The molecule has 0 bridgehead atoms. The van der Waals surface area contributed by atoms with E-state index in [4.69, 9.17) is 16.3 Å². The van der Waals surface area contributed by atoms with E-state index in [0.29, 0.717) is 6.61 Å². The molecule has 1 unspecified atom stereocenters. The summed E-state index contributed by atoms with van der Waals surface area (Å²) in [5.74, 6) is 0.927. The van der Waals surface area contributed by atoms with Crippen LogP contribution in [-0.2, 0) is 19.2 Å². The van der Waals surface area contributed by atoms with Gasteiger partial charge in [-0.1, -0.05) is 0 Å². The molecule has 1 atom stereocenters. The van der Waals surface area contributed by atoms with Gasteiger partial charge >= 0.3 is 147 Å². The molecule has 0 aliphatic carbocycles. The number of alkyl halides is 1. The van der Waals surface area contributed by atoms with Crippen molar-refractivity contribution in [1.29, 1.82) is 0 Å². The Morgan fingerprint density at radius 1 is 1.05 bits per heavy atom. The van der Waals surface area contributed by atoms with Crippen molar-refractivity contribution in [3.8, 4) is 5.75 Å². The van der Waals surface area contributed by atoms with Gasteiger partial charge in [0.1, 0.15) is 0 Å². The summed E-state index contributed by atoms with van der Waals surface area (Å²) < 4.78 is 5.59. The molecule has 0 aromatic heterocycles. The fraction of sp³-hybridized carbons (Fsp3) is 0.647. The van der Waals surface area contributed by atoms with Crippen LogP contribution in [0.3, 0.4) is 0 Å². The second-order valence-corrected chi connectivity index (χ2v) is 16.3. The Hall–Kier alpha value is 0.402. The Balaban J connectivity index is 3.50. The Morgan fingerprint density at radius 2 is 1.48 bits per heavy atom. The Morgan fingerprint density at radius 3 is 1.76 bits per heavy atom. The average Bonchev–Trinajstić information content (AvgIpc) is 2.28. The van der Waals surface area contributed by atoms with Gasteiger partial charge in [0.05, 0.1) is 0 Å². The standard InChI is InChI=1S/C17H29ClOP.Pd/c1-8-19-14-9-11-15(12-10-14)20(13-18,16(2,3)4)17(5,6)7;/h9-13,20H,8H2,1-7H3;. The van der Waals surface area contributed by atoms with E-state index in [2.05, 4.69) is 85.0 Å². The zero-order chi connectivity index (χ0) is 16.5. The summed E-state index contributed by atoms with van der Waals surface area (Å²) in [5.41, 5.74) is 0. The monoisotopic (exact) mass is 421 g/mol. The number of hydrogen-bond donors (Lipinski definition) is 0. The number of rotatable bonds is 4. The minimum absolute atomic E-state index is 0.0124. The molecular formula is C17H29ClOPPd. The van der Waals surface area contributed by atoms with Crippen molar-refractivity contribution in [3.63, 3.8) is 0 Å². The van der Waals surface area contributed by atoms with Crippen LogP contribution in [0.4, 0.5) is 0 Å². The van der Waals surface area contributed by atoms with Crippen molar-refractivity contribution in [1.82, 2.24) is 0 Å². The number of ether oxygens (including phenoxy) is 1. The molecule has 0 spiro atoms. The van der Waals surface area contributed by atoms with E-state index in [9.17, 15) is 0 Å². The van der Waals surface area contributed by atoms with Crippen LogP contribution in [0, 0.1) is 0 Å². The molecule has 125 valence electrons. The molecule has 0 aliphatic heterocycles. The SMILES string of the molecule is CCOc1ccc([PH]([CH](Cl)[Pd])(C(C)(C)C)C(C)(C)C)cc1. The molecule has 0 aliphatic rings. The number of benzene rings is 1. The molecular weight excluding hydrogens is 393 g/mol. The topological polar surface area (TPSA) is 9.23 Å². The molecule has 1 aromatic carbocycles. The maximum atomic E-state index is 6.77. The molecule has 0 amide bonds. The minimum atomic E-state index is -2.05. The van der Waals surface area contributed by atoms with Crippen molar-refractivity contribution in [3.05, 3.63) is 24.3 Å². The number of hydrogen-bond acceptors (Lipinski definition) is 1. The third-order valence-electron chi connectivity index (χ3n) is 4.29. The third-order valence-corrected chi connectivity index (χ3v) is 13.9. The fourth-order valence-electron chi connectivity index (χ4n) is 3.69. The van der Waals surface area contributed by atoms with Crippen LogP contribution in [0.25, 0.3) is 0 Å². The van der Waals surface area contributed by atoms with Gasteiger partial charge in [-0.15, -0.1) is 0 Å². The Labute approximate surface area is 146 Å². The van der Waals surface area contributed by atoms with Gasteiger partial charge in [-0.2, -0.15) is 0 Å². The van der Waals surface area contributed by atoms with E-state index >= 15 is 0 Å². The quantitative estimate of drug-likeness (QED) is 0.372. The summed E-state index contributed by atoms with van der Waals surface area (Å²) in [6.45, 7) is 16.6. The molecule has 0 N–H and O–H groups in total. The molecule has 0 fully saturated rings. The van der Waals surface area contributed by atoms with Crippen LogP contribution in [-0.4, -0.2) is 20.5 Å². The molecule has 4 heteroatoms. The predicted octanol–water partition coefficient (Wildman–Crippen LogP) is 5.13. The van der Waals surface area contributed by atoms with Gasteiger partial charge in [-0.05, 0) is 0 Å². The third kappa shape index (κ3) is 3.67. The van der Waals surface area contributed by atoms with E-state index in [1.807, 2.05) is 6.92 Å². The first kappa shape index (κ1) is 19.4. The van der Waals surface area contributed by atoms with E-state index in [1.54, 1.807) is 0 Å². The normalized spacial score (nSPS) is 15.7. The predicted molar refractivity (Wildman–Crippen MR) is 94.7 cm³/mol. The summed E-state index contributed by atoms with van der Waals surface area (Å²) in [6.07, 6.45) is 0. The van der Waals surface area contributed by atoms with Gasteiger partial charge in [-0.3, -0.25) is 0 Å². The maximum absolute atomic E-state index is 6.77. The number of halogens is 1. The van der Waals surface area contributed by atoms with Gasteiger partial charge in [0.2, 0.25) is 0 Å². The van der Waals surface area contributed by atoms with Gasteiger partial charge in [-0.25, -0.2) is 0 Å². The van der Waals surface area contributed by atoms with E-state index in [1.165, 1.54) is 5.30 Å². The molecule has 1 aromatic rings. The van der Waals surface area contributed by atoms with Crippen LogP contribution in [0.15, 0.2) is 24.3 Å². The van der Waals surface area contributed by atoms with Crippen molar-refractivity contribution < 1.29 is 23.9 Å². The van der Waals surface area contributed by atoms with E-state index in [0.717, 1.165) is 5.75 Å². The first-order chi connectivity index (χ1) is 9.48. The van der Waals surface area contributed by atoms with Crippen LogP contribution in [0.5, 0.6) is 5.75 Å². The van der Waals surface area contributed by atoms with Crippen LogP contribution in [0.1, 0.15) is 48.5 Å². The molecule has 0 saturated heterocycles. The van der Waals surface area contributed by atoms with Gasteiger partial charge in [0.25, 0.3) is 0 Å². The second-order valence-electron chi connectivity index (χ2n) is 7.53. The van der Waals surface area contributed by atoms with E-state index < -0.39 is 7.26 Å². The summed E-state index contributed by atoms with van der Waals surface area (Å²) in [6, 6.07) is 8.59. The van der Waals surface area contributed by atoms with Crippen LogP contribution < -0.4 is 10.0 Å². The average molecular weight is 422 g/mol. The molecule has 1 nitrogen and oxygen atoms in total. The first-order valence-corrected chi connectivity index (χ1v) is 10.9. The summed E-state index contributed by atoms with van der Waals surface area (Å²) >= 11 is 10.2. The Kier molecular flexibility index (Phi) is 6.38. The molecule has 0 heterocycles. The van der Waals surface area contributed by atoms with Gasteiger partial charge in [0, 0.05) is 0 Å². The summed E-state index contributed by atoms with van der Waals surface area (Å²) in [7, 11) is -2.05. The first-order valence-electron chi connectivity index (χ1n) is 7.46. The van der Waals surface area contributed by atoms with E-state index in [-0.39, 0.29) is 13.9 Å². The van der Waals surface area contributed by atoms with Gasteiger partial charge in [0.15, 0.2) is 0 Å². The fourth-order valence-corrected chi connectivity index (χ4v) is 17.0. The molecule has 0 radical (unpaired) electrons. The van der Waals surface area contributed by atoms with Gasteiger partial charge < -0.3 is 0 Å². The summed E-state index contributed by atoms with van der Waals surface area (Å²) in [4.78, 5) is 0. The van der Waals surface area contributed by atoms with Crippen LogP contribution >= 0.6 is 18.9 Å². The van der Waals surface area contributed by atoms with Crippen molar-refractivity contribution >= 4 is 24.2 Å². The Bertz CT molecular complexity index is 443.